The molecular formula is C14H19BrClFN2O. The first-order chi connectivity index (χ1) is 9.25. The summed E-state index contributed by atoms with van der Waals surface area (Å²) in [5.41, 5.74) is 5.96. The Bertz CT molecular complexity index is 471. The van der Waals surface area contributed by atoms with Crippen LogP contribution in [0.25, 0.3) is 0 Å². The third kappa shape index (κ3) is 5.38. The number of halogens is 3. The maximum atomic E-state index is 13.1. The number of amides is 1. The Balaban J connectivity index is 2.64. The fourth-order valence-electron chi connectivity index (χ4n) is 1.83. The van der Waals surface area contributed by atoms with E-state index in [0.29, 0.717) is 23.1 Å². The molecule has 1 amide bonds. The number of anilines is 1. The molecule has 0 saturated heterocycles. The van der Waals surface area contributed by atoms with Gasteiger partial charge in [0.2, 0.25) is 5.91 Å². The zero-order valence-corrected chi connectivity index (χ0v) is 13.9. The highest BCUT2D eigenvalue weighted by molar-refractivity contribution is 9.10. The standard InChI is InChI=1S/C14H19BrClFN2O/c1-14(2,5-6-18)4-3-12(20)19-13-10(15)7-9(17)8-11(13)16/h7-8H,3-6,18H2,1-2H3,(H,19,20). The molecule has 0 saturated carbocycles. The van der Waals surface area contributed by atoms with Gasteiger partial charge in [0.25, 0.3) is 0 Å². The number of hydrogen-bond donors (Lipinski definition) is 2. The molecule has 0 aliphatic rings. The van der Waals surface area contributed by atoms with Gasteiger partial charge in [-0.2, -0.15) is 0 Å². The molecule has 1 rings (SSSR count). The van der Waals surface area contributed by atoms with Crippen LogP contribution in [0.5, 0.6) is 0 Å². The second-order valence-electron chi connectivity index (χ2n) is 5.50. The van der Waals surface area contributed by atoms with E-state index in [0.717, 1.165) is 12.8 Å². The van der Waals surface area contributed by atoms with Crippen molar-refractivity contribution in [2.24, 2.45) is 11.1 Å². The summed E-state index contributed by atoms with van der Waals surface area (Å²) in [6.07, 6.45) is 1.96. The van der Waals surface area contributed by atoms with E-state index in [9.17, 15) is 9.18 Å². The molecule has 0 aromatic heterocycles. The molecule has 112 valence electrons. The molecule has 6 heteroatoms. The van der Waals surface area contributed by atoms with E-state index in [-0.39, 0.29) is 16.3 Å². The molecule has 0 radical (unpaired) electrons. The molecular weight excluding hydrogens is 347 g/mol. The van der Waals surface area contributed by atoms with Crippen molar-refractivity contribution in [3.8, 4) is 0 Å². The normalized spacial score (nSPS) is 11.5. The SMILES string of the molecule is CC(C)(CCN)CCC(=O)Nc1c(Cl)cc(F)cc1Br. The van der Waals surface area contributed by atoms with Crippen molar-refractivity contribution in [2.45, 2.75) is 33.1 Å². The number of hydrogen-bond acceptors (Lipinski definition) is 2. The molecule has 0 heterocycles. The van der Waals surface area contributed by atoms with E-state index in [1.807, 2.05) is 0 Å². The molecule has 0 aliphatic carbocycles. The minimum Gasteiger partial charge on any atom is -0.330 e. The third-order valence-corrected chi connectivity index (χ3v) is 4.04. The number of benzene rings is 1. The summed E-state index contributed by atoms with van der Waals surface area (Å²) in [4.78, 5) is 11.9. The van der Waals surface area contributed by atoms with Gasteiger partial charge >= 0.3 is 0 Å². The van der Waals surface area contributed by atoms with Crippen LogP contribution in [0.2, 0.25) is 5.02 Å². The maximum Gasteiger partial charge on any atom is 0.224 e. The Hall–Kier alpha value is -0.650. The second-order valence-corrected chi connectivity index (χ2v) is 6.76. The fourth-order valence-corrected chi connectivity index (χ4v) is 2.73. The van der Waals surface area contributed by atoms with Crippen molar-refractivity contribution in [3.05, 3.63) is 27.4 Å². The highest BCUT2D eigenvalue weighted by Crippen LogP contribution is 2.32. The summed E-state index contributed by atoms with van der Waals surface area (Å²) in [5, 5.41) is 2.88. The van der Waals surface area contributed by atoms with Gasteiger partial charge in [-0.3, -0.25) is 4.79 Å². The van der Waals surface area contributed by atoms with Gasteiger partial charge in [-0.1, -0.05) is 25.4 Å². The largest absolute Gasteiger partial charge is 0.330 e. The lowest BCUT2D eigenvalue weighted by Gasteiger charge is -2.23. The van der Waals surface area contributed by atoms with Crippen molar-refractivity contribution in [1.29, 1.82) is 0 Å². The van der Waals surface area contributed by atoms with Gasteiger partial charge in [0.15, 0.2) is 0 Å². The number of nitrogens with two attached hydrogens (primary N) is 1. The summed E-state index contributed by atoms with van der Waals surface area (Å²) in [6, 6.07) is 2.43. The van der Waals surface area contributed by atoms with Gasteiger partial charge in [-0.25, -0.2) is 4.39 Å². The third-order valence-electron chi connectivity index (χ3n) is 3.12. The van der Waals surface area contributed by atoms with Crippen LogP contribution in [-0.2, 0) is 4.79 Å². The maximum absolute atomic E-state index is 13.1. The van der Waals surface area contributed by atoms with Gasteiger partial charge in [0.05, 0.1) is 10.7 Å². The minimum atomic E-state index is -0.455. The number of carbonyl (C=O) groups excluding carboxylic acids is 1. The molecule has 0 unspecified atom stereocenters. The summed E-state index contributed by atoms with van der Waals surface area (Å²) < 4.78 is 13.5. The van der Waals surface area contributed by atoms with Gasteiger partial charge in [0.1, 0.15) is 5.82 Å². The number of rotatable bonds is 6. The molecule has 0 aliphatic heterocycles. The first-order valence-corrected chi connectivity index (χ1v) is 7.57. The van der Waals surface area contributed by atoms with E-state index in [2.05, 4.69) is 35.1 Å². The van der Waals surface area contributed by atoms with Crippen LogP contribution in [-0.4, -0.2) is 12.5 Å². The van der Waals surface area contributed by atoms with Crippen LogP contribution in [0.4, 0.5) is 10.1 Å². The Labute approximate surface area is 132 Å². The number of nitrogens with one attached hydrogen (secondary N) is 1. The lowest BCUT2D eigenvalue weighted by Crippen LogP contribution is -2.20. The van der Waals surface area contributed by atoms with Crippen molar-refractivity contribution < 1.29 is 9.18 Å². The first kappa shape index (κ1) is 17.4. The Morgan fingerprint density at radius 1 is 1.45 bits per heavy atom. The highest BCUT2D eigenvalue weighted by Gasteiger charge is 2.19. The lowest BCUT2D eigenvalue weighted by atomic mass is 9.84. The molecule has 0 bridgehead atoms. The van der Waals surface area contributed by atoms with E-state index in [1.54, 1.807) is 0 Å². The fraction of sp³-hybridized carbons (Fsp3) is 0.500. The summed E-state index contributed by atoms with van der Waals surface area (Å²) in [6.45, 7) is 4.76. The second kappa shape index (κ2) is 7.38. The molecule has 20 heavy (non-hydrogen) atoms. The van der Waals surface area contributed by atoms with Crippen LogP contribution < -0.4 is 11.1 Å². The van der Waals surface area contributed by atoms with Crippen LogP contribution >= 0.6 is 27.5 Å². The first-order valence-electron chi connectivity index (χ1n) is 6.39. The monoisotopic (exact) mass is 364 g/mol. The van der Waals surface area contributed by atoms with E-state index in [1.165, 1.54) is 12.1 Å². The molecule has 0 atom stereocenters. The summed E-state index contributed by atoms with van der Waals surface area (Å²) in [7, 11) is 0. The van der Waals surface area contributed by atoms with Crippen molar-refractivity contribution in [3.63, 3.8) is 0 Å². The molecule has 3 nitrogen and oxygen atoms in total. The van der Waals surface area contributed by atoms with Crippen molar-refractivity contribution >= 4 is 39.1 Å². The van der Waals surface area contributed by atoms with Crippen LogP contribution in [0.15, 0.2) is 16.6 Å². The average Bonchev–Trinajstić information content (AvgIpc) is 2.31. The van der Waals surface area contributed by atoms with Gasteiger partial charge in [0, 0.05) is 10.9 Å². The van der Waals surface area contributed by atoms with E-state index >= 15 is 0 Å². The van der Waals surface area contributed by atoms with Gasteiger partial charge < -0.3 is 11.1 Å². The van der Waals surface area contributed by atoms with Crippen LogP contribution in [0.1, 0.15) is 33.1 Å². The molecule has 0 spiro atoms. The average molecular weight is 366 g/mol. The quantitative estimate of drug-likeness (QED) is 0.788. The Morgan fingerprint density at radius 3 is 2.65 bits per heavy atom. The zero-order chi connectivity index (χ0) is 15.3. The predicted molar refractivity (Wildman–Crippen MR) is 84.4 cm³/mol. The molecule has 1 aromatic rings. The van der Waals surface area contributed by atoms with Gasteiger partial charge in [-0.15, -0.1) is 0 Å². The topological polar surface area (TPSA) is 55.1 Å². The van der Waals surface area contributed by atoms with Crippen molar-refractivity contribution in [2.75, 3.05) is 11.9 Å². The van der Waals surface area contributed by atoms with Crippen LogP contribution in [0.3, 0.4) is 0 Å². The summed E-state index contributed by atoms with van der Waals surface area (Å²) >= 11 is 9.10. The number of carbonyl (C=O) groups is 1. The Morgan fingerprint density at radius 2 is 2.10 bits per heavy atom. The van der Waals surface area contributed by atoms with Crippen molar-refractivity contribution in [1.82, 2.24) is 0 Å². The zero-order valence-electron chi connectivity index (χ0n) is 11.6. The predicted octanol–water partition coefficient (Wildman–Crippen LogP) is 4.34. The van der Waals surface area contributed by atoms with E-state index < -0.39 is 5.82 Å². The molecule has 1 aromatic carbocycles. The van der Waals surface area contributed by atoms with Gasteiger partial charge in [-0.05, 0) is 52.9 Å². The van der Waals surface area contributed by atoms with Crippen LogP contribution in [0, 0.1) is 11.2 Å². The summed E-state index contributed by atoms with van der Waals surface area (Å²) in [5.74, 6) is -0.603. The smallest absolute Gasteiger partial charge is 0.224 e. The Kier molecular flexibility index (Phi) is 6.43. The van der Waals surface area contributed by atoms with E-state index in [4.69, 9.17) is 17.3 Å². The molecule has 0 fully saturated rings. The molecule has 3 N–H and O–H groups in total. The highest BCUT2D eigenvalue weighted by atomic mass is 79.9. The minimum absolute atomic E-state index is 0.0237. The lowest BCUT2D eigenvalue weighted by molar-refractivity contribution is -0.116.